The van der Waals surface area contributed by atoms with E-state index in [1.807, 2.05) is 0 Å². The summed E-state index contributed by atoms with van der Waals surface area (Å²) >= 11 is 0. The van der Waals surface area contributed by atoms with E-state index >= 15 is 0 Å². The molecule has 2 heterocycles. The molecule has 7 heteroatoms. The summed E-state index contributed by atoms with van der Waals surface area (Å²) in [5, 5.41) is 25.3. The molecule has 0 aromatic heterocycles. The van der Waals surface area contributed by atoms with Crippen LogP contribution in [0.15, 0.2) is 48.5 Å². The van der Waals surface area contributed by atoms with Crippen LogP contribution < -0.4 is 10.6 Å². The number of anilines is 2. The number of benzene rings is 2. The zero-order valence-corrected chi connectivity index (χ0v) is 11.7. The van der Waals surface area contributed by atoms with Crippen LogP contribution >= 0.6 is 0 Å². The molecule has 116 valence electrons. The van der Waals surface area contributed by atoms with E-state index in [2.05, 4.69) is 10.6 Å². The average molecular weight is 312 g/mol. The largest absolute Gasteiger partial charge is 0.477 e. The van der Waals surface area contributed by atoms with Gasteiger partial charge in [-0.2, -0.15) is 0 Å². The fraction of sp³-hybridized carbons (Fsp3) is 0.125. The van der Waals surface area contributed by atoms with Gasteiger partial charge >= 0.3 is 11.9 Å². The number of hydrogen-bond acceptors (Lipinski definition) is 5. The van der Waals surface area contributed by atoms with Crippen LogP contribution in [-0.2, 0) is 25.8 Å². The number of nitrogens with one attached hydrogen (secondary N) is 2. The highest BCUT2D eigenvalue weighted by molar-refractivity contribution is 5.94. The Balaban J connectivity index is 2.08. The highest BCUT2D eigenvalue weighted by Gasteiger charge is 2.62. The normalized spacial score (nSPS) is 27.0. The van der Waals surface area contributed by atoms with Crippen LogP contribution in [0, 0.1) is 0 Å². The first-order valence-corrected chi connectivity index (χ1v) is 6.92. The van der Waals surface area contributed by atoms with Crippen molar-refractivity contribution in [2.45, 2.75) is 11.4 Å². The maximum absolute atomic E-state index is 12.0. The first-order valence-electron chi connectivity index (χ1n) is 6.92. The van der Waals surface area contributed by atoms with Gasteiger partial charge in [-0.1, -0.05) is 36.4 Å². The van der Waals surface area contributed by atoms with Crippen LogP contribution in [0.2, 0.25) is 0 Å². The Labute approximate surface area is 130 Å². The molecular formula is C16H12N2O5. The van der Waals surface area contributed by atoms with Gasteiger partial charge in [-0.25, -0.2) is 9.59 Å². The average Bonchev–Trinajstić information content (AvgIpc) is 2.54. The summed E-state index contributed by atoms with van der Waals surface area (Å²) in [6, 6.07) is 13.2. The van der Waals surface area contributed by atoms with E-state index in [1.54, 1.807) is 48.5 Å². The van der Waals surface area contributed by atoms with Crippen molar-refractivity contribution in [3.63, 3.8) is 0 Å². The Bertz CT molecular complexity index is 782. The van der Waals surface area contributed by atoms with Crippen molar-refractivity contribution in [3.8, 4) is 0 Å². The van der Waals surface area contributed by atoms with Gasteiger partial charge in [-0.05, 0) is 12.1 Å². The minimum atomic E-state index is -1.98. The molecule has 0 aliphatic carbocycles. The van der Waals surface area contributed by atoms with Gasteiger partial charge in [0.1, 0.15) is 0 Å². The molecule has 0 amide bonds. The third-order valence-corrected chi connectivity index (χ3v) is 4.14. The molecule has 4 N–H and O–H groups in total. The second-order valence-corrected chi connectivity index (χ2v) is 5.42. The van der Waals surface area contributed by atoms with Gasteiger partial charge in [0.15, 0.2) is 0 Å². The van der Waals surface area contributed by atoms with E-state index < -0.39 is 23.4 Å². The fourth-order valence-electron chi connectivity index (χ4n) is 3.13. The summed E-state index contributed by atoms with van der Waals surface area (Å²) in [5.41, 5.74) is -2.53. The van der Waals surface area contributed by atoms with E-state index in [0.29, 0.717) is 22.5 Å². The number of aliphatic carboxylic acids is 2. The Kier molecular flexibility index (Phi) is 2.50. The summed E-state index contributed by atoms with van der Waals surface area (Å²) in [7, 11) is 0. The minimum absolute atomic E-state index is 0.318. The number of para-hydroxylation sites is 2. The number of carboxylic acids is 2. The maximum atomic E-state index is 12.0. The first kappa shape index (κ1) is 13.6. The third-order valence-electron chi connectivity index (χ3n) is 4.14. The quantitative estimate of drug-likeness (QED) is 0.669. The van der Waals surface area contributed by atoms with Crippen molar-refractivity contribution in [1.29, 1.82) is 0 Å². The number of carbonyl (C=O) groups is 2. The van der Waals surface area contributed by atoms with E-state index in [1.165, 1.54) is 0 Å². The topological polar surface area (TPSA) is 108 Å². The van der Waals surface area contributed by atoms with Crippen molar-refractivity contribution in [2.75, 3.05) is 10.6 Å². The van der Waals surface area contributed by atoms with Crippen molar-refractivity contribution in [2.24, 2.45) is 0 Å². The van der Waals surface area contributed by atoms with Crippen LogP contribution in [0.3, 0.4) is 0 Å². The SMILES string of the molecule is O=C(O)[C@@]12Nc3ccccc3[C@@](C(=O)O)(Nc3ccccc31)O2. The van der Waals surface area contributed by atoms with E-state index in [4.69, 9.17) is 4.74 Å². The number of rotatable bonds is 2. The molecule has 0 spiro atoms. The minimum Gasteiger partial charge on any atom is -0.477 e. The standard InChI is InChI=1S/C16H12N2O5/c19-13(20)15-9-5-1-3-7-11(9)17-16(23-15,14(21)22)10-6-2-4-8-12(10)18-15/h1-8,17-18H,(H,19,20)(H,21,22)/t15-,16-/m1/s1. The molecule has 0 saturated carbocycles. The van der Waals surface area contributed by atoms with E-state index in [9.17, 15) is 19.8 Å². The van der Waals surface area contributed by atoms with E-state index in [-0.39, 0.29) is 0 Å². The molecule has 7 nitrogen and oxygen atoms in total. The van der Waals surface area contributed by atoms with Crippen molar-refractivity contribution in [1.82, 2.24) is 0 Å². The van der Waals surface area contributed by atoms with Gasteiger partial charge in [0, 0.05) is 22.5 Å². The lowest BCUT2D eigenvalue weighted by atomic mass is 9.88. The number of ether oxygens (including phenoxy) is 1. The van der Waals surface area contributed by atoms with Gasteiger partial charge in [0.25, 0.3) is 11.4 Å². The summed E-state index contributed by atoms with van der Waals surface area (Å²) in [6.45, 7) is 0. The lowest BCUT2D eigenvalue weighted by molar-refractivity contribution is -0.205. The Morgan fingerprint density at radius 2 is 1.17 bits per heavy atom. The zero-order chi connectivity index (χ0) is 16.2. The van der Waals surface area contributed by atoms with Gasteiger partial charge in [-0.3, -0.25) is 0 Å². The van der Waals surface area contributed by atoms with Crippen LogP contribution in [0.1, 0.15) is 11.1 Å². The maximum Gasteiger partial charge on any atom is 0.362 e. The molecule has 0 unspecified atom stereocenters. The van der Waals surface area contributed by atoms with Crippen LogP contribution in [0.25, 0.3) is 0 Å². The Hall–Kier alpha value is -3.06. The van der Waals surface area contributed by atoms with Crippen molar-refractivity contribution >= 4 is 23.3 Å². The highest BCUT2D eigenvalue weighted by atomic mass is 16.6. The molecule has 2 aromatic carbocycles. The van der Waals surface area contributed by atoms with Gasteiger partial charge in [0.05, 0.1) is 0 Å². The molecule has 0 saturated heterocycles. The summed E-state index contributed by atoms with van der Waals surface area (Å²) in [6.07, 6.45) is 0. The van der Waals surface area contributed by atoms with Crippen molar-refractivity contribution in [3.05, 3.63) is 59.7 Å². The molecule has 0 radical (unpaired) electrons. The predicted octanol–water partition coefficient (Wildman–Crippen LogP) is 1.73. The van der Waals surface area contributed by atoms with Gasteiger partial charge in [0.2, 0.25) is 0 Å². The van der Waals surface area contributed by atoms with Crippen molar-refractivity contribution < 1.29 is 24.5 Å². The summed E-state index contributed by atoms with van der Waals surface area (Å²) < 4.78 is 5.65. The monoisotopic (exact) mass is 312 g/mol. The second kappa shape index (κ2) is 4.23. The number of carboxylic acid groups (broad SMARTS) is 2. The van der Waals surface area contributed by atoms with E-state index in [0.717, 1.165) is 0 Å². The van der Waals surface area contributed by atoms with Gasteiger partial charge in [-0.15, -0.1) is 0 Å². The number of hydrogen-bond donors (Lipinski definition) is 4. The molecular weight excluding hydrogens is 300 g/mol. The summed E-state index contributed by atoms with van der Waals surface area (Å²) in [5.74, 6) is -2.63. The Morgan fingerprint density at radius 1 is 0.783 bits per heavy atom. The van der Waals surface area contributed by atoms with Crippen LogP contribution in [-0.4, -0.2) is 22.2 Å². The highest BCUT2D eigenvalue weighted by Crippen LogP contribution is 2.51. The fourth-order valence-corrected chi connectivity index (χ4v) is 3.13. The summed E-state index contributed by atoms with van der Waals surface area (Å²) in [4.78, 5) is 24.0. The smallest absolute Gasteiger partial charge is 0.362 e. The molecule has 4 rings (SSSR count). The molecule has 2 aromatic rings. The van der Waals surface area contributed by atoms with Crippen LogP contribution in [0.5, 0.6) is 0 Å². The van der Waals surface area contributed by atoms with Gasteiger partial charge < -0.3 is 25.6 Å². The zero-order valence-electron chi connectivity index (χ0n) is 11.7. The Morgan fingerprint density at radius 3 is 1.57 bits per heavy atom. The predicted molar refractivity (Wildman–Crippen MR) is 79.8 cm³/mol. The molecule has 23 heavy (non-hydrogen) atoms. The molecule has 2 atom stereocenters. The molecule has 2 bridgehead atoms. The lowest BCUT2D eigenvalue weighted by Crippen LogP contribution is -2.63. The molecule has 2 aliphatic heterocycles. The third kappa shape index (κ3) is 1.56. The molecule has 0 fully saturated rings. The van der Waals surface area contributed by atoms with Crippen LogP contribution in [0.4, 0.5) is 11.4 Å². The number of fused-ring (bicyclic) bond motifs is 6. The second-order valence-electron chi connectivity index (χ2n) is 5.42. The lowest BCUT2D eigenvalue weighted by Gasteiger charge is -2.50. The first-order chi connectivity index (χ1) is 11.0. The molecule has 2 aliphatic rings.